The Kier molecular flexibility index (Phi) is 5.10. The summed E-state index contributed by atoms with van der Waals surface area (Å²) in [5.74, 6) is -0.138. The van der Waals surface area contributed by atoms with Crippen molar-refractivity contribution in [2.24, 2.45) is 5.92 Å². The molecule has 0 spiro atoms. The zero-order valence-corrected chi connectivity index (χ0v) is 11.0. The normalized spacial score (nSPS) is 17.1. The van der Waals surface area contributed by atoms with Crippen molar-refractivity contribution < 1.29 is 14.3 Å². The summed E-state index contributed by atoms with van der Waals surface area (Å²) in [6.45, 7) is 2.40. The summed E-state index contributed by atoms with van der Waals surface area (Å²) in [6, 6.07) is 9.69. The van der Waals surface area contributed by atoms with Crippen molar-refractivity contribution >= 4 is 12.3 Å². The van der Waals surface area contributed by atoms with Gasteiger partial charge in [-0.25, -0.2) is 0 Å². The van der Waals surface area contributed by atoms with Crippen molar-refractivity contribution in [1.82, 2.24) is 4.90 Å². The molecule has 1 aliphatic heterocycles. The number of nitrogens with zero attached hydrogens (tertiary/aromatic N) is 1. The van der Waals surface area contributed by atoms with E-state index in [0.717, 1.165) is 37.8 Å². The highest BCUT2D eigenvalue weighted by atomic mass is 16.5. The lowest BCUT2D eigenvalue weighted by molar-refractivity contribution is -0.151. The quantitative estimate of drug-likeness (QED) is 0.597. The molecule has 0 amide bonds. The fourth-order valence-electron chi connectivity index (χ4n) is 2.30. The van der Waals surface area contributed by atoms with Gasteiger partial charge in [-0.15, -0.1) is 0 Å². The van der Waals surface area contributed by atoms with Gasteiger partial charge in [-0.1, -0.05) is 30.3 Å². The molecule has 1 aromatic carbocycles. The third-order valence-electron chi connectivity index (χ3n) is 3.48. The standard InChI is InChI=1S/C15H19NO3/c17-11-10-16-8-6-14(7-9-16)15(18)19-12-13-4-2-1-3-5-13/h1-5,11,14H,6-10,12H2. The number of rotatable bonds is 5. The Hall–Kier alpha value is -1.68. The van der Waals surface area contributed by atoms with Gasteiger partial charge in [0.15, 0.2) is 0 Å². The van der Waals surface area contributed by atoms with E-state index in [4.69, 9.17) is 4.74 Å². The van der Waals surface area contributed by atoms with Gasteiger partial charge in [0.2, 0.25) is 0 Å². The topological polar surface area (TPSA) is 46.6 Å². The molecule has 1 saturated heterocycles. The molecule has 0 bridgehead atoms. The number of carbonyl (C=O) groups excluding carboxylic acids is 2. The highest BCUT2D eigenvalue weighted by Crippen LogP contribution is 2.18. The molecule has 1 heterocycles. The summed E-state index contributed by atoms with van der Waals surface area (Å²) in [5, 5.41) is 0. The van der Waals surface area contributed by atoms with Crippen LogP contribution in [0.3, 0.4) is 0 Å². The van der Waals surface area contributed by atoms with E-state index in [0.29, 0.717) is 13.2 Å². The first-order valence-corrected chi connectivity index (χ1v) is 6.66. The van der Waals surface area contributed by atoms with Crippen molar-refractivity contribution in [3.63, 3.8) is 0 Å². The third kappa shape index (κ3) is 4.17. The Labute approximate surface area is 113 Å². The van der Waals surface area contributed by atoms with Gasteiger partial charge in [-0.3, -0.25) is 9.69 Å². The minimum absolute atomic E-state index is 0.0217. The zero-order chi connectivity index (χ0) is 13.5. The van der Waals surface area contributed by atoms with E-state index < -0.39 is 0 Å². The number of esters is 1. The minimum Gasteiger partial charge on any atom is -0.461 e. The van der Waals surface area contributed by atoms with Crippen molar-refractivity contribution in [2.45, 2.75) is 19.4 Å². The molecular formula is C15H19NO3. The number of piperidine rings is 1. The molecule has 0 unspecified atom stereocenters. The van der Waals surface area contributed by atoms with Crippen LogP contribution in [0.1, 0.15) is 18.4 Å². The molecule has 19 heavy (non-hydrogen) atoms. The summed E-state index contributed by atoms with van der Waals surface area (Å²) in [6.07, 6.45) is 2.47. The SMILES string of the molecule is O=CCN1CCC(C(=O)OCc2ccccc2)CC1. The Morgan fingerprint density at radius 2 is 1.95 bits per heavy atom. The van der Waals surface area contributed by atoms with E-state index in [9.17, 15) is 9.59 Å². The van der Waals surface area contributed by atoms with E-state index in [-0.39, 0.29) is 11.9 Å². The van der Waals surface area contributed by atoms with Crippen LogP contribution in [0.25, 0.3) is 0 Å². The minimum atomic E-state index is -0.116. The second-order valence-electron chi connectivity index (χ2n) is 4.83. The summed E-state index contributed by atoms with van der Waals surface area (Å²) < 4.78 is 5.34. The number of hydrogen-bond donors (Lipinski definition) is 0. The van der Waals surface area contributed by atoms with E-state index in [2.05, 4.69) is 4.90 Å². The second kappa shape index (κ2) is 7.04. The van der Waals surface area contributed by atoms with E-state index in [1.807, 2.05) is 30.3 Å². The molecule has 0 N–H and O–H groups in total. The van der Waals surface area contributed by atoms with Crippen LogP contribution in [0.4, 0.5) is 0 Å². The first-order chi connectivity index (χ1) is 9.29. The summed E-state index contributed by atoms with van der Waals surface area (Å²) >= 11 is 0. The molecule has 0 aliphatic carbocycles. The van der Waals surface area contributed by atoms with E-state index >= 15 is 0 Å². The predicted octanol–water partition coefficient (Wildman–Crippen LogP) is 1.64. The lowest BCUT2D eigenvalue weighted by Crippen LogP contribution is -2.37. The maximum absolute atomic E-state index is 11.9. The molecule has 4 nitrogen and oxygen atoms in total. The molecule has 1 fully saturated rings. The maximum Gasteiger partial charge on any atom is 0.309 e. The molecule has 102 valence electrons. The third-order valence-corrected chi connectivity index (χ3v) is 3.48. The van der Waals surface area contributed by atoms with Gasteiger partial charge in [-0.2, -0.15) is 0 Å². The van der Waals surface area contributed by atoms with Crippen LogP contribution < -0.4 is 0 Å². The lowest BCUT2D eigenvalue weighted by Gasteiger charge is -2.29. The number of carbonyl (C=O) groups is 2. The van der Waals surface area contributed by atoms with E-state index in [1.165, 1.54) is 0 Å². The lowest BCUT2D eigenvalue weighted by atomic mass is 9.97. The molecular weight excluding hydrogens is 242 g/mol. The Morgan fingerprint density at radius 1 is 1.26 bits per heavy atom. The molecule has 0 aromatic heterocycles. The molecule has 4 heteroatoms. The fraction of sp³-hybridized carbons (Fsp3) is 0.467. The Morgan fingerprint density at radius 3 is 2.58 bits per heavy atom. The Bertz CT molecular complexity index is 411. The van der Waals surface area contributed by atoms with Gasteiger partial charge in [0.05, 0.1) is 12.5 Å². The highest BCUT2D eigenvalue weighted by Gasteiger charge is 2.25. The average molecular weight is 261 g/mol. The van der Waals surface area contributed by atoms with Crippen LogP contribution in [-0.2, 0) is 20.9 Å². The van der Waals surface area contributed by atoms with E-state index in [1.54, 1.807) is 0 Å². The van der Waals surface area contributed by atoms with Gasteiger partial charge in [0, 0.05) is 0 Å². The van der Waals surface area contributed by atoms with Gasteiger partial charge in [-0.05, 0) is 31.5 Å². The monoisotopic (exact) mass is 261 g/mol. The summed E-state index contributed by atoms with van der Waals surface area (Å²) in [7, 11) is 0. The summed E-state index contributed by atoms with van der Waals surface area (Å²) in [5.41, 5.74) is 1.01. The highest BCUT2D eigenvalue weighted by molar-refractivity contribution is 5.72. The van der Waals surface area contributed by atoms with Crippen LogP contribution in [0, 0.1) is 5.92 Å². The van der Waals surface area contributed by atoms with Gasteiger partial charge in [0.1, 0.15) is 12.9 Å². The number of hydrogen-bond acceptors (Lipinski definition) is 4. The molecule has 0 atom stereocenters. The average Bonchev–Trinajstić information content (AvgIpc) is 2.47. The molecule has 0 radical (unpaired) electrons. The van der Waals surface area contributed by atoms with Gasteiger partial charge in [0.25, 0.3) is 0 Å². The summed E-state index contributed by atoms with van der Waals surface area (Å²) in [4.78, 5) is 24.4. The largest absolute Gasteiger partial charge is 0.461 e. The van der Waals surface area contributed by atoms with Crippen molar-refractivity contribution in [3.05, 3.63) is 35.9 Å². The van der Waals surface area contributed by atoms with Crippen molar-refractivity contribution in [2.75, 3.05) is 19.6 Å². The zero-order valence-electron chi connectivity index (χ0n) is 11.0. The first-order valence-electron chi connectivity index (χ1n) is 6.66. The van der Waals surface area contributed by atoms with Gasteiger partial charge >= 0.3 is 5.97 Å². The predicted molar refractivity (Wildman–Crippen MR) is 71.5 cm³/mol. The van der Waals surface area contributed by atoms with Crippen LogP contribution >= 0.6 is 0 Å². The number of aldehydes is 1. The van der Waals surface area contributed by atoms with Crippen LogP contribution in [-0.4, -0.2) is 36.8 Å². The molecule has 1 aromatic rings. The van der Waals surface area contributed by atoms with Crippen LogP contribution in [0.15, 0.2) is 30.3 Å². The fourth-order valence-corrected chi connectivity index (χ4v) is 2.30. The second-order valence-corrected chi connectivity index (χ2v) is 4.83. The molecule has 1 aliphatic rings. The van der Waals surface area contributed by atoms with Crippen LogP contribution in [0.5, 0.6) is 0 Å². The first kappa shape index (κ1) is 13.7. The number of likely N-dealkylation sites (tertiary alicyclic amines) is 1. The molecule has 2 rings (SSSR count). The smallest absolute Gasteiger partial charge is 0.309 e. The maximum atomic E-state index is 11.9. The van der Waals surface area contributed by atoms with Gasteiger partial charge < -0.3 is 9.53 Å². The number of benzene rings is 1. The van der Waals surface area contributed by atoms with Crippen molar-refractivity contribution in [1.29, 1.82) is 0 Å². The van der Waals surface area contributed by atoms with Crippen molar-refractivity contribution in [3.8, 4) is 0 Å². The molecule has 0 saturated carbocycles. The number of ether oxygens (including phenoxy) is 1. The Balaban J connectivity index is 1.74. The van der Waals surface area contributed by atoms with Crippen LogP contribution in [0.2, 0.25) is 0 Å².